The highest BCUT2D eigenvalue weighted by Gasteiger charge is 2.41. The topological polar surface area (TPSA) is 104 Å². The lowest BCUT2D eigenvalue weighted by molar-refractivity contribution is 0.0542. The zero-order valence-electron chi connectivity index (χ0n) is 17.0. The maximum atomic E-state index is 13.1. The quantitative estimate of drug-likeness (QED) is 0.737. The summed E-state index contributed by atoms with van der Waals surface area (Å²) in [5.41, 5.74) is -1.20. The number of benzene rings is 1. The number of nitrogens with zero attached hydrogens (tertiary/aromatic N) is 4. The van der Waals surface area contributed by atoms with Crippen molar-refractivity contribution in [2.45, 2.75) is 38.9 Å². The Morgan fingerprint density at radius 1 is 1.23 bits per heavy atom. The van der Waals surface area contributed by atoms with Gasteiger partial charge in [-0.1, -0.05) is 12.1 Å². The third kappa shape index (κ3) is 3.58. The molecule has 10 heteroatoms. The number of fused-ring (bicyclic) bond motifs is 3. The third-order valence-electron chi connectivity index (χ3n) is 5.75. The smallest absolute Gasteiger partial charge is 0.276 e. The highest BCUT2D eigenvalue weighted by molar-refractivity contribution is 6.01. The standard InChI is InChI=1S/C21H22FN5O4/c1-2-25-16-5-3-4-10-26(16)27-12-15(19(28)17(24-31)18(27)21(25)30)20(29)23-11-13-6-8-14(22)9-7-13/h6-9,12,16H,2-5,10-11H2,1H3,(H,23,29)/t16-/m0/s1. The van der Waals surface area contributed by atoms with Gasteiger partial charge < -0.3 is 10.2 Å². The molecule has 1 aromatic carbocycles. The number of pyridine rings is 1. The van der Waals surface area contributed by atoms with Gasteiger partial charge in [-0.25, -0.2) is 4.39 Å². The SMILES string of the molecule is CCN1C(=O)c2c(N=O)c(=O)c(C(=O)NCc3ccc(F)cc3)cn2N2CCCC[C@@H]12. The Kier molecular flexibility index (Phi) is 5.53. The van der Waals surface area contributed by atoms with Gasteiger partial charge in [-0.3, -0.25) is 24.1 Å². The van der Waals surface area contributed by atoms with Crippen LogP contribution in [0.15, 0.2) is 40.4 Å². The number of aromatic nitrogens is 1. The normalized spacial score (nSPS) is 17.7. The molecule has 1 saturated heterocycles. The van der Waals surface area contributed by atoms with Crippen molar-refractivity contribution < 1.29 is 14.0 Å². The van der Waals surface area contributed by atoms with Crippen LogP contribution in [0.4, 0.5) is 10.1 Å². The minimum absolute atomic E-state index is 0.0685. The molecule has 4 rings (SSSR count). The van der Waals surface area contributed by atoms with Crippen LogP contribution in [0.5, 0.6) is 0 Å². The van der Waals surface area contributed by atoms with E-state index in [4.69, 9.17) is 0 Å². The van der Waals surface area contributed by atoms with Crippen molar-refractivity contribution in [1.29, 1.82) is 0 Å². The van der Waals surface area contributed by atoms with E-state index < -0.39 is 28.7 Å². The Labute approximate surface area is 177 Å². The second-order valence-electron chi connectivity index (χ2n) is 7.54. The summed E-state index contributed by atoms with van der Waals surface area (Å²) in [5.74, 6) is -1.55. The van der Waals surface area contributed by atoms with Crippen molar-refractivity contribution in [1.82, 2.24) is 14.9 Å². The molecule has 31 heavy (non-hydrogen) atoms. The zero-order valence-corrected chi connectivity index (χ0v) is 17.0. The Balaban J connectivity index is 1.73. The predicted octanol–water partition coefficient (Wildman–Crippen LogP) is 2.24. The van der Waals surface area contributed by atoms with Crippen LogP contribution in [-0.4, -0.2) is 40.6 Å². The number of hydrogen-bond acceptors (Lipinski definition) is 6. The molecule has 1 aromatic heterocycles. The van der Waals surface area contributed by atoms with Crippen LogP contribution in [0.2, 0.25) is 0 Å². The van der Waals surface area contributed by atoms with Crippen molar-refractivity contribution >= 4 is 17.5 Å². The van der Waals surface area contributed by atoms with Crippen molar-refractivity contribution in [2.75, 3.05) is 18.1 Å². The summed E-state index contributed by atoms with van der Waals surface area (Å²) < 4.78 is 14.5. The van der Waals surface area contributed by atoms with Gasteiger partial charge in [-0.15, -0.1) is 4.91 Å². The van der Waals surface area contributed by atoms with Crippen molar-refractivity contribution in [3.8, 4) is 0 Å². The van der Waals surface area contributed by atoms with Gasteiger partial charge in [0.05, 0.1) is 0 Å². The van der Waals surface area contributed by atoms with Crippen LogP contribution in [-0.2, 0) is 6.54 Å². The van der Waals surface area contributed by atoms with Gasteiger partial charge in [0.15, 0.2) is 11.4 Å². The number of carbonyl (C=O) groups excluding carboxylic acids is 2. The Morgan fingerprint density at radius 3 is 2.65 bits per heavy atom. The van der Waals surface area contributed by atoms with Gasteiger partial charge in [0.25, 0.3) is 11.8 Å². The Morgan fingerprint density at radius 2 is 1.97 bits per heavy atom. The van der Waals surface area contributed by atoms with Crippen LogP contribution in [0, 0.1) is 10.7 Å². The van der Waals surface area contributed by atoms with Gasteiger partial charge in [-0.05, 0) is 49.1 Å². The number of carbonyl (C=O) groups is 2. The molecule has 2 aromatic rings. The van der Waals surface area contributed by atoms with E-state index in [9.17, 15) is 23.7 Å². The van der Waals surface area contributed by atoms with Crippen LogP contribution >= 0.6 is 0 Å². The van der Waals surface area contributed by atoms with Crippen LogP contribution < -0.4 is 15.8 Å². The number of nitrogens with one attached hydrogen (secondary N) is 1. The van der Waals surface area contributed by atoms with E-state index in [1.807, 2.05) is 11.9 Å². The summed E-state index contributed by atoms with van der Waals surface area (Å²) in [6.07, 6.45) is 3.68. The Bertz CT molecular complexity index is 1100. The predicted molar refractivity (Wildman–Crippen MR) is 111 cm³/mol. The summed E-state index contributed by atoms with van der Waals surface area (Å²) in [7, 11) is 0. The number of amides is 2. The first-order valence-corrected chi connectivity index (χ1v) is 10.2. The van der Waals surface area contributed by atoms with Gasteiger partial charge >= 0.3 is 0 Å². The fourth-order valence-electron chi connectivity index (χ4n) is 4.21. The average Bonchev–Trinajstić information content (AvgIpc) is 2.78. The lowest BCUT2D eigenvalue weighted by Crippen LogP contribution is -2.63. The van der Waals surface area contributed by atoms with E-state index in [1.54, 1.807) is 4.90 Å². The second-order valence-corrected chi connectivity index (χ2v) is 7.54. The molecule has 0 bridgehead atoms. The summed E-state index contributed by atoms with van der Waals surface area (Å²) >= 11 is 0. The highest BCUT2D eigenvalue weighted by Crippen LogP contribution is 2.30. The van der Waals surface area contributed by atoms with Gasteiger partial charge in [-0.2, -0.15) is 0 Å². The van der Waals surface area contributed by atoms with Gasteiger partial charge in [0, 0.05) is 25.8 Å². The fourth-order valence-corrected chi connectivity index (χ4v) is 4.21. The molecule has 1 fully saturated rings. The molecule has 9 nitrogen and oxygen atoms in total. The molecule has 0 spiro atoms. The lowest BCUT2D eigenvalue weighted by Gasteiger charge is -2.48. The minimum Gasteiger partial charge on any atom is -0.348 e. The van der Waals surface area contributed by atoms with Gasteiger partial charge in [0.1, 0.15) is 17.5 Å². The molecule has 0 saturated carbocycles. The van der Waals surface area contributed by atoms with Crippen molar-refractivity contribution in [3.63, 3.8) is 0 Å². The third-order valence-corrected chi connectivity index (χ3v) is 5.75. The molecular weight excluding hydrogens is 405 g/mol. The van der Waals surface area contributed by atoms with E-state index >= 15 is 0 Å². The molecule has 1 atom stereocenters. The molecule has 2 amide bonds. The first-order valence-electron chi connectivity index (χ1n) is 10.2. The minimum atomic E-state index is -0.891. The van der Waals surface area contributed by atoms with Crippen LogP contribution in [0.25, 0.3) is 0 Å². The zero-order chi connectivity index (χ0) is 22.1. The Hall–Kier alpha value is -3.56. The van der Waals surface area contributed by atoms with Crippen molar-refractivity contribution in [2.24, 2.45) is 5.18 Å². The summed E-state index contributed by atoms with van der Waals surface area (Å²) in [6.45, 7) is 2.94. The van der Waals surface area contributed by atoms with Crippen LogP contribution in [0.1, 0.15) is 52.6 Å². The second kappa shape index (κ2) is 8.29. The first-order chi connectivity index (χ1) is 15.0. The number of nitroso groups, excluding NO2 is 1. The van der Waals surface area contributed by atoms with E-state index in [0.717, 1.165) is 19.3 Å². The van der Waals surface area contributed by atoms with E-state index in [1.165, 1.54) is 35.1 Å². The number of rotatable bonds is 5. The molecule has 0 radical (unpaired) electrons. The van der Waals surface area contributed by atoms with E-state index in [-0.39, 0.29) is 24.0 Å². The monoisotopic (exact) mass is 427 g/mol. The van der Waals surface area contributed by atoms with Crippen LogP contribution in [0.3, 0.4) is 0 Å². The van der Waals surface area contributed by atoms with E-state index in [0.29, 0.717) is 18.7 Å². The first kappa shape index (κ1) is 20.7. The fraction of sp³-hybridized carbons (Fsp3) is 0.381. The number of hydrogen-bond donors (Lipinski definition) is 1. The molecule has 0 aliphatic carbocycles. The lowest BCUT2D eigenvalue weighted by atomic mass is 10.0. The summed E-state index contributed by atoms with van der Waals surface area (Å²) in [5, 5.41) is 7.33. The maximum Gasteiger partial charge on any atom is 0.276 e. The molecule has 1 N–H and O–H groups in total. The average molecular weight is 427 g/mol. The summed E-state index contributed by atoms with van der Waals surface area (Å²) in [4.78, 5) is 51.9. The number of halogens is 1. The molecular formula is C21H22FN5O4. The molecule has 162 valence electrons. The largest absolute Gasteiger partial charge is 0.348 e. The summed E-state index contributed by atoms with van der Waals surface area (Å²) in [6, 6.07) is 5.57. The van der Waals surface area contributed by atoms with Gasteiger partial charge in [0.2, 0.25) is 5.43 Å². The number of piperidine rings is 1. The molecule has 0 unspecified atom stereocenters. The molecule has 2 aliphatic heterocycles. The molecule has 3 heterocycles. The van der Waals surface area contributed by atoms with E-state index in [2.05, 4.69) is 10.5 Å². The molecule has 2 aliphatic rings. The van der Waals surface area contributed by atoms with Crippen molar-refractivity contribution in [3.05, 3.63) is 68.2 Å². The highest BCUT2D eigenvalue weighted by atomic mass is 19.1. The maximum absolute atomic E-state index is 13.1.